The van der Waals surface area contributed by atoms with Crippen LogP contribution in [0.1, 0.15) is 74.0 Å². The molecule has 0 heterocycles. The van der Waals surface area contributed by atoms with Gasteiger partial charge in [0.2, 0.25) is 5.91 Å². The van der Waals surface area contributed by atoms with Crippen LogP contribution in [0.4, 0.5) is 4.39 Å². The molecule has 1 N–H and O–H groups in total. The summed E-state index contributed by atoms with van der Waals surface area (Å²) in [5.41, 5.74) is 3.19. The second-order valence-electron chi connectivity index (χ2n) is 9.74. The molecule has 1 amide bonds. The van der Waals surface area contributed by atoms with Crippen LogP contribution in [0.3, 0.4) is 0 Å². The Morgan fingerprint density at radius 2 is 1.46 bits per heavy atom. The summed E-state index contributed by atoms with van der Waals surface area (Å²) in [6.45, 7) is 10.1. The molecule has 2 unspecified atom stereocenters. The maximum atomic E-state index is 13.2. The Morgan fingerprint density at radius 1 is 0.914 bits per heavy atom. The van der Waals surface area contributed by atoms with Crippen molar-refractivity contribution in [3.05, 3.63) is 107 Å². The monoisotopic (exact) mass is 475 g/mol. The lowest BCUT2D eigenvalue weighted by molar-refractivity contribution is -0.130. The first-order valence-corrected chi connectivity index (χ1v) is 12.3. The van der Waals surface area contributed by atoms with Crippen molar-refractivity contribution in [2.75, 3.05) is 0 Å². The van der Waals surface area contributed by atoms with Gasteiger partial charge in [0.05, 0.1) is 0 Å². The van der Waals surface area contributed by atoms with Gasteiger partial charge in [-0.1, -0.05) is 101 Å². The molecule has 3 aromatic carbocycles. The summed E-state index contributed by atoms with van der Waals surface area (Å²) in [6.07, 6.45) is 3.35. The van der Waals surface area contributed by atoms with Crippen LogP contribution in [0.5, 0.6) is 0 Å². The van der Waals surface area contributed by atoms with E-state index in [1.165, 1.54) is 18.6 Å². The molecular formula is C31H38FNO2. The third-order valence-electron chi connectivity index (χ3n) is 5.94. The zero-order valence-corrected chi connectivity index (χ0v) is 21.6. The minimum Gasteiger partial charge on any atom is -0.353 e. The third kappa shape index (κ3) is 8.79. The zero-order valence-electron chi connectivity index (χ0n) is 21.6. The number of hydrogen-bond acceptors (Lipinski definition) is 2. The molecule has 0 saturated carbocycles. The van der Waals surface area contributed by atoms with Crippen LogP contribution >= 0.6 is 0 Å². The fourth-order valence-electron chi connectivity index (χ4n) is 3.97. The third-order valence-corrected chi connectivity index (χ3v) is 5.94. The van der Waals surface area contributed by atoms with Crippen molar-refractivity contribution in [2.45, 2.75) is 65.8 Å². The van der Waals surface area contributed by atoms with Gasteiger partial charge >= 0.3 is 0 Å². The summed E-state index contributed by atoms with van der Waals surface area (Å²) in [5.74, 6) is -0.244. The Kier molecular flexibility index (Phi) is 10.8. The number of carbonyl (C=O) groups is 2. The number of rotatable bonds is 9. The van der Waals surface area contributed by atoms with Crippen LogP contribution in [-0.4, -0.2) is 18.2 Å². The van der Waals surface area contributed by atoms with Gasteiger partial charge in [-0.3, -0.25) is 9.59 Å². The fourth-order valence-corrected chi connectivity index (χ4v) is 3.97. The van der Waals surface area contributed by atoms with Crippen LogP contribution in [0.2, 0.25) is 0 Å². The number of benzene rings is 3. The van der Waals surface area contributed by atoms with Gasteiger partial charge in [0, 0.05) is 22.9 Å². The summed E-state index contributed by atoms with van der Waals surface area (Å²) >= 11 is 0. The highest BCUT2D eigenvalue weighted by Gasteiger charge is 2.31. The van der Waals surface area contributed by atoms with Crippen molar-refractivity contribution in [3.8, 4) is 0 Å². The Labute approximate surface area is 209 Å². The molecule has 2 atom stereocenters. The van der Waals surface area contributed by atoms with Gasteiger partial charge < -0.3 is 5.32 Å². The van der Waals surface area contributed by atoms with Gasteiger partial charge in [-0.2, -0.15) is 0 Å². The van der Waals surface area contributed by atoms with Gasteiger partial charge in [0.15, 0.2) is 0 Å². The average Bonchev–Trinajstić information content (AvgIpc) is 2.85. The van der Waals surface area contributed by atoms with Crippen LogP contribution < -0.4 is 5.32 Å². The molecule has 4 heteroatoms. The number of hydrogen-bond donors (Lipinski definition) is 1. The Morgan fingerprint density at radius 3 is 2.00 bits per heavy atom. The first-order valence-electron chi connectivity index (χ1n) is 12.3. The second kappa shape index (κ2) is 13.6. The highest BCUT2D eigenvalue weighted by Crippen LogP contribution is 2.27. The largest absolute Gasteiger partial charge is 0.353 e. The topological polar surface area (TPSA) is 46.2 Å². The molecule has 0 aliphatic rings. The van der Waals surface area contributed by atoms with Crippen molar-refractivity contribution < 1.29 is 14.0 Å². The van der Waals surface area contributed by atoms with Crippen molar-refractivity contribution in [3.63, 3.8) is 0 Å². The summed E-state index contributed by atoms with van der Waals surface area (Å²) < 4.78 is 13.2. The number of nitrogens with one attached hydrogen (secondary N) is 1. The van der Waals surface area contributed by atoms with E-state index in [0.29, 0.717) is 12.0 Å². The van der Waals surface area contributed by atoms with Gasteiger partial charge in [-0.15, -0.1) is 0 Å². The van der Waals surface area contributed by atoms with Crippen LogP contribution in [-0.2, 0) is 17.6 Å². The summed E-state index contributed by atoms with van der Waals surface area (Å²) in [5, 5.41) is 3.22. The van der Waals surface area contributed by atoms with E-state index in [2.05, 4.69) is 31.3 Å². The average molecular weight is 476 g/mol. The lowest BCUT2D eigenvalue weighted by Gasteiger charge is -2.30. The molecule has 0 spiro atoms. The van der Waals surface area contributed by atoms with Crippen molar-refractivity contribution >= 4 is 12.2 Å². The van der Waals surface area contributed by atoms with Gasteiger partial charge in [0.25, 0.3) is 0 Å². The molecule has 0 aliphatic heterocycles. The Bertz CT molecular complexity index is 1040. The molecule has 186 valence electrons. The van der Waals surface area contributed by atoms with E-state index in [9.17, 15) is 14.0 Å². The minimum absolute atomic E-state index is 0.0356. The normalized spacial score (nSPS) is 12.6. The smallest absolute Gasteiger partial charge is 0.226 e. The Balaban J connectivity index is 0.00000137. The molecule has 0 aliphatic carbocycles. The Hall–Kier alpha value is -3.27. The molecule has 35 heavy (non-hydrogen) atoms. The van der Waals surface area contributed by atoms with Crippen LogP contribution in [0.15, 0.2) is 78.9 Å². The number of amides is 1. The quantitative estimate of drug-likeness (QED) is 0.334. The van der Waals surface area contributed by atoms with Crippen molar-refractivity contribution in [1.29, 1.82) is 0 Å². The van der Waals surface area contributed by atoms with E-state index < -0.39 is 5.41 Å². The number of carbonyl (C=O) groups excluding carboxylic acids is 2. The number of aldehydes is 1. The van der Waals surface area contributed by atoms with E-state index in [4.69, 9.17) is 0 Å². The summed E-state index contributed by atoms with van der Waals surface area (Å²) in [7, 11) is 0. The van der Waals surface area contributed by atoms with Crippen LogP contribution in [0, 0.1) is 11.2 Å². The highest BCUT2D eigenvalue weighted by atomic mass is 19.1. The predicted octanol–water partition coefficient (Wildman–Crippen LogP) is 7.15. The van der Waals surface area contributed by atoms with E-state index in [0.717, 1.165) is 29.4 Å². The molecule has 3 aromatic rings. The summed E-state index contributed by atoms with van der Waals surface area (Å²) in [6, 6.07) is 23.9. The predicted molar refractivity (Wildman–Crippen MR) is 142 cm³/mol. The summed E-state index contributed by atoms with van der Waals surface area (Å²) in [4.78, 5) is 24.2. The molecule has 3 nitrogen and oxygen atoms in total. The lowest BCUT2D eigenvalue weighted by atomic mass is 9.82. The van der Waals surface area contributed by atoms with E-state index >= 15 is 0 Å². The first kappa shape index (κ1) is 28.0. The highest BCUT2D eigenvalue weighted by molar-refractivity contribution is 5.82. The number of halogens is 1. The molecule has 3 rings (SSSR count). The maximum absolute atomic E-state index is 13.2. The molecular weight excluding hydrogens is 437 g/mol. The van der Waals surface area contributed by atoms with Crippen LogP contribution in [0.25, 0.3) is 0 Å². The van der Waals surface area contributed by atoms with Crippen molar-refractivity contribution in [2.24, 2.45) is 5.41 Å². The second-order valence-corrected chi connectivity index (χ2v) is 9.74. The zero-order chi connectivity index (χ0) is 25.8. The minimum atomic E-state index is -0.640. The molecule has 0 fully saturated rings. The first-order chi connectivity index (χ1) is 16.7. The van der Waals surface area contributed by atoms with Gasteiger partial charge in [-0.05, 0) is 48.6 Å². The van der Waals surface area contributed by atoms with Gasteiger partial charge in [0.1, 0.15) is 12.1 Å². The SMILES string of the molecule is CC(NC(=O)C(C)(C)Cc1ccc(F)cc1)C(Cc1ccc(C=O)cc1)c1ccccc1.CCC. The van der Waals surface area contributed by atoms with E-state index in [1.54, 1.807) is 12.1 Å². The fraction of sp³-hybridized carbons (Fsp3) is 0.355. The molecule has 0 aromatic heterocycles. The standard InChI is InChI=1S/C28H30FNO2.C3H8/c1-20(30-27(32)28(2,3)18-22-13-15-25(29)16-14-22)26(24-7-5-4-6-8-24)17-21-9-11-23(19-31)12-10-21;1-3-2/h4-16,19-20,26H,17-18H2,1-3H3,(H,30,32);3H2,1-2H3. The molecule has 0 radical (unpaired) electrons. The lowest BCUT2D eigenvalue weighted by Crippen LogP contribution is -2.45. The molecule has 0 bridgehead atoms. The van der Waals surface area contributed by atoms with Gasteiger partial charge in [-0.25, -0.2) is 4.39 Å². The van der Waals surface area contributed by atoms with E-state index in [1.807, 2.05) is 63.2 Å². The molecule has 0 saturated heterocycles. The maximum Gasteiger partial charge on any atom is 0.226 e. The van der Waals surface area contributed by atoms with Crippen molar-refractivity contribution in [1.82, 2.24) is 5.32 Å². The van der Waals surface area contributed by atoms with E-state index in [-0.39, 0.29) is 23.7 Å².